The van der Waals surface area contributed by atoms with Crippen molar-refractivity contribution in [3.05, 3.63) is 35.8 Å². The van der Waals surface area contributed by atoms with Crippen molar-refractivity contribution in [1.82, 2.24) is 15.2 Å². The van der Waals surface area contributed by atoms with E-state index in [-0.39, 0.29) is 19.4 Å². The first-order valence-electron chi connectivity index (χ1n) is 9.88. The van der Waals surface area contributed by atoms with Crippen LogP contribution in [0.25, 0.3) is 10.9 Å². The number of amides is 2. The maximum atomic E-state index is 13.6. The summed E-state index contributed by atoms with van der Waals surface area (Å²) in [4.78, 5) is 41.1. The summed E-state index contributed by atoms with van der Waals surface area (Å²) in [6.45, 7) is 1.51. The summed E-state index contributed by atoms with van der Waals surface area (Å²) in [6, 6.07) is -0.342. The fraction of sp³-hybridized carbons (Fsp3) is 0.450. The lowest BCUT2D eigenvalue weighted by atomic mass is 10.0. The number of carboxylic acids is 1. The van der Waals surface area contributed by atoms with Gasteiger partial charge in [0.25, 0.3) is 0 Å². The molecular weight excluding hydrogens is 409 g/mol. The number of carboxylic acid groups (broad SMARTS) is 1. The number of nitrogens with zero attached hydrogens (tertiary/aromatic N) is 1. The first kappa shape index (κ1) is 22.7. The van der Waals surface area contributed by atoms with Crippen molar-refractivity contribution in [3.63, 3.8) is 0 Å². The number of carbonyl (C=O) groups is 3. The van der Waals surface area contributed by atoms with E-state index < -0.39 is 53.9 Å². The van der Waals surface area contributed by atoms with Gasteiger partial charge < -0.3 is 36.9 Å². The average Bonchev–Trinajstić information content (AvgIpc) is 3.28. The minimum atomic E-state index is -1.37. The number of hydrogen-bond acceptors (Lipinski definition) is 6. The van der Waals surface area contributed by atoms with Gasteiger partial charge in [0.15, 0.2) is 0 Å². The molecule has 0 saturated carbocycles. The highest BCUT2D eigenvalue weighted by atomic mass is 19.1. The Kier molecular flexibility index (Phi) is 6.58. The molecule has 1 aliphatic rings. The Labute approximate surface area is 177 Å². The largest absolute Gasteiger partial charge is 0.480 e. The number of fused-ring (bicyclic) bond motifs is 1. The van der Waals surface area contributed by atoms with Crippen LogP contribution in [0.5, 0.6) is 0 Å². The number of aliphatic hydroxyl groups excluding tert-OH is 1. The van der Waals surface area contributed by atoms with Gasteiger partial charge >= 0.3 is 5.97 Å². The van der Waals surface area contributed by atoms with Crippen molar-refractivity contribution in [3.8, 4) is 0 Å². The number of aromatic amines is 1. The van der Waals surface area contributed by atoms with Gasteiger partial charge in [0, 0.05) is 29.7 Å². The summed E-state index contributed by atoms with van der Waals surface area (Å²) < 4.78 is 13.6. The van der Waals surface area contributed by atoms with Crippen LogP contribution in [0.3, 0.4) is 0 Å². The monoisotopic (exact) mass is 435 g/mol. The van der Waals surface area contributed by atoms with Gasteiger partial charge in [-0.3, -0.25) is 9.59 Å². The maximum absolute atomic E-state index is 13.6. The van der Waals surface area contributed by atoms with E-state index in [1.54, 1.807) is 12.3 Å². The maximum Gasteiger partial charge on any atom is 0.327 e. The molecule has 1 fully saturated rings. The molecule has 1 saturated heterocycles. The van der Waals surface area contributed by atoms with Crippen molar-refractivity contribution in [1.29, 1.82) is 0 Å². The quantitative estimate of drug-likeness (QED) is 0.325. The number of halogens is 1. The van der Waals surface area contributed by atoms with Crippen LogP contribution in [0.2, 0.25) is 0 Å². The molecule has 2 aromatic rings. The minimum absolute atomic E-state index is 0.0841. The summed E-state index contributed by atoms with van der Waals surface area (Å²) in [7, 11) is 0. The Bertz CT molecular complexity index is 993. The minimum Gasteiger partial charge on any atom is -0.480 e. The third-order valence-electron chi connectivity index (χ3n) is 5.49. The Morgan fingerprint density at radius 1 is 1.35 bits per heavy atom. The molecule has 2 amide bonds. The zero-order valence-corrected chi connectivity index (χ0v) is 16.9. The summed E-state index contributed by atoms with van der Waals surface area (Å²) in [5.41, 5.74) is 13.0. The predicted molar refractivity (Wildman–Crippen MR) is 109 cm³/mol. The van der Waals surface area contributed by atoms with Gasteiger partial charge in [-0.25, -0.2) is 9.18 Å². The topological polar surface area (TPSA) is 175 Å². The predicted octanol–water partition coefficient (Wildman–Crippen LogP) is -0.945. The molecule has 10 nitrogen and oxygen atoms in total. The van der Waals surface area contributed by atoms with Crippen LogP contribution < -0.4 is 16.8 Å². The normalized spacial score (nSPS) is 21.6. The second-order valence-electron chi connectivity index (χ2n) is 7.83. The SMILES string of the molecule is C[C@@H](N)[C@H](NC(=O)[C@@H]1[C@@H](O)CCN1C(=O)[C@@H](N)Cc1c[nH]c2ccc(F)cc12)C(=O)O. The van der Waals surface area contributed by atoms with Gasteiger partial charge in [-0.05, 0) is 43.5 Å². The van der Waals surface area contributed by atoms with E-state index in [4.69, 9.17) is 11.5 Å². The molecule has 0 bridgehead atoms. The second-order valence-corrected chi connectivity index (χ2v) is 7.83. The van der Waals surface area contributed by atoms with Crippen LogP contribution in [-0.4, -0.2) is 74.7 Å². The number of rotatable bonds is 7. The third kappa shape index (κ3) is 4.68. The number of H-pyrrole nitrogens is 1. The molecule has 1 aromatic carbocycles. The number of benzene rings is 1. The standard InChI is InChI=1S/C20H26FN5O5/c1-9(22)16(20(30)31)25-18(28)17-15(27)4-5-26(17)19(29)13(23)6-10-8-24-14-3-2-11(21)7-12(10)14/h2-3,7-9,13,15-17,24,27H,4-6,22-23H2,1H3,(H,25,28)(H,30,31)/t9-,13+,15+,16+,17+/m1/s1. The Hall–Kier alpha value is -3.02. The van der Waals surface area contributed by atoms with Crippen LogP contribution in [0.4, 0.5) is 4.39 Å². The lowest BCUT2D eigenvalue weighted by Crippen LogP contribution is -2.59. The highest BCUT2D eigenvalue weighted by molar-refractivity contribution is 5.93. The summed E-state index contributed by atoms with van der Waals surface area (Å²) in [5.74, 6) is -3.13. The first-order valence-corrected chi connectivity index (χ1v) is 9.88. The molecule has 0 aliphatic carbocycles. The molecule has 3 rings (SSSR count). The Morgan fingerprint density at radius 3 is 2.71 bits per heavy atom. The zero-order chi connectivity index (χ0) is 22.9. The van der Waals surface area contributed by atoms with Gasteiger partial charge in [0.2, 0.25) is 11.8 Å². The number of nitrogens with two attached hydrogens (primary N) is 2. The highest BCUT2D eigenvalue weighted by Crippen LogP contribution is 2.23. The van der Waals surface area contributed by atoms with Crippen LogP contribution in [0, 0.1) is 5.82 Å². The van der Waals surface area contributed by atoms with E-state index >= 15 is 0 Å². The van der Waals surface area contributed by atoms with E-state index in [1.807, 2.05) is 0 Å². The number of aliphatic carboxylic acids is 1. The first-order chi connectivity index (χ1) is 14.6. The second kappa shape index (κ2) is 9.00. The van der Waals surface area contributed by atoms with E-state index in [0.29, 0.717) is 16.5 Å². The lowest BCUT2D eigenvalue weighted by molar-refractivity contribution is -0.145. The van der Waals surface area contributed by atoms with Crippen molar-refractivity contribution < 1.29 is 29.0 Å². The molecular formula is C20H26FN5O5. The molecule has 2 heterocycles. The average molecular weight is 435 g/mol. The van der Waals surface area contributed by atoms with Gasteiger partial charge in [-0.15, -0.1) is 0 Å². The molecule has 0 radical (unpaired) electrons. The fourth-order valence-electron chi connectivity index (χ4n) is 3.85. The molecule has 168 valence electrons. The molecule has 0 spiro atoms. The van der Waals surface area contributed by atoms with Crippen molar-refractivity contribution in [2.75, 3.05) is 6.54 Å². The van der Waals surface area contributed by atoms with Crippen molar-refractivity contribution in [2.24, 2.45) is 11.5 Å². The Balaban J connectivity index is 1.75. The van der Waals surface area contributed by atoms with Crippen molar-refractivity contribution in [2.45, 2.75) is 50.0 Å². The fourth-order valence-corrected chi connectivity index (χ4v) is 3.85. The summed E-state index contributed by atoms with van der Waals surface area (Å²) >= 11 is 0. The third-order valence-corrected chi connectivity index (χ3v) is 5.49. The smallest absolute Gasteiger partial charge is 0.327 e. The number of carbonyl (C=O) groups excluding carboxylic acids is 2. The van der Waals surface area contributed by atoms with E-state index in [2.05, 4.69) is 10.3 Å². The highest BCUT2D eigenvalue weighted by Gasteiger charge is 2.43. The molecule has 0 unspecified atom stereocenters. The van der Waals surface area contributed by atoms with Crippen LogP contribution >= 0.6 is 0 Å². The lowest BCUT2D eigenvalue weighted by Gasteiger charge is -2.29. The molecule has 11 heteroatoms. The summed E-state index contributed by atoms with van der Waals surface area (Å²) in [6.07, 6.45) is 0.701. The van der Waals surface area contributed by atoms with Gasteiger partial charge in [0.1, 0.15) is 17.9 Å². The number of hydrogen-bond donors (Lipinski definition) is 6. The van der Waals surface area contributed by atoms with E-state index in [9.17, 15) is 29.0 Å². The zero-order valence-electron chi connectivity index (χ0n) is 16.9. The molecule has 1 aromatic heterocycles. The van der Waals surface area contributed by atoms with Crippen molar-refractivity contribution >= 4 is 28.7 Å². The van der Waals surface area contributed by atoms with Gasteiger partial charge in [0.05, 0.1) is 12.1 Å². The number of aromatic nitrogens is 1. The van der Waals surface area contributed by atoms with Gasteiger partial charge in [-0.1, -0.05) is 0 Å². The molecule has 1 aliphatic heterocycles. The molecule has 5 atom stereocenters. The Morgan fingerprint density at radius 2 is 2.06 bits per heavy atom. The van der Waals surface area contributed by atoms with E-state index in [1.165, 1.54) is 19.1 Å². The van der Waals surface area contributed by atoms with Crippen LogP contribution in [0.15, 0.2) is 24.4 Å². The molecule has 31 heavy (non-hydrogen) atoms. The number of nitrogens with one attached hydrogen (secondary N) is 2. The molecule has 8 N–H and O–H groups in total. The van der Waals surface area contributed by atoms with Crippen LogP contribution in [-0.2, 0) is 20.8 Å². The van der Waals surface area contributed by atoms with Crippen LogP contribution in [0.1, 0.15) is 18.9 Å². The number of aliphatic hydroxyl groups is 1. The van der Waals surface area contributed by atoms with Gasteiger partial charge in [-0.2, -0.15) is 0 Å². The van der Waals surface area contributed by atoms with E-state index in [0.717, 1.165) is 4.90 Å². The summed E-state index contributed by atoms with van der Waals surface area (Å²) in [5, 5.41) is 22.4. The number of likely N-dealkylation sites (tertiary alicyclic amines) is 1.